The predicted molar refractivity (Wildman–Crippen MR) is 74.0 cm³/mol. The third-order valence-corrected chi connectivity index (χ3v) is 3.33. The first-order valence-corrected chi connectivity index (χ1v) is 6.41. The average Bonchev–Trinajstić information content (AvgIpc) is 2.99. The van der Waals surface area contributed by atoms with Gasteiger partial charge in [-0.25, -0.2) is 0 Å². The molecule has 0 bridgehead atoms. The van der Waals surface area contributed by atoms with Crippen molar-refractivity contribution in [2.75, 3.05) is 14.2 Å². The summed E-state index contributed by atoms with van der Waals surface area (Å²) in [6.45, 7) is 2.49. The second-order valence-corrected chi connectivity index (χ2v) is 4.52. The Morgan fingerprint density at radius 3 is 2.75 bits per heavy atom. The van der Waals surface area contributed by atoms with Gasteiger partial charge in [0.05, 0.1) is 25.3 Å². The van der Waals surface area contributed by atoms with Crippen LogP contribution in [0, 0.1) is 0 Å². The molecule has 7 nitrogen and oxygen atoms in total. The smallest absolute Gasteiger partial charge is 0.191 e. The van der Waals surface area contributed by atoms with E-state index < -0.39 is 0 Å². The highest BCUT2D eigenvalue weighted by Gasteiger charge is 2.15. The largest absolute Gasteiger partial charge is 0.493 e. The summed E-state index contributed by atoms with van der Waals surface area (Å²) in [5, 5.41) is 17.6. The van der Waals surface area contributed by atoms with Crippen molar-refractivity contribution in [2.24, 2.45) is 0 Å². The molecule has 0 saturated carbocycles. The van der Waals surface area contributed by atoms with Gasteiger partial charge >= 0.3 is 0 Å². The van der Waals surface area contributed by atoms with Crippen molar-refractivity contribution in [1.82, 2.24) is 25.9 Å². The van der Waals surface area contributed by atoms with Gasteiger partial charge in [-0.1, -0.05) is 22.9 Å². The fraction of sp³-hybridized carbons (Fsp3) is 0.417. The minimum absolute atomic E-state index is 0.0436. The molecule has 0 aliphatic heterocycles. The van der Waals surface area contributed by atoms with Gasteiger partial charge in [-0.15, -0.1) is 10.2 Å². The van der Waals surface area contributed by atoms with Gasteiger partial charge in [0.15, 0.2) is 17.3 Å². The van der Waals surface area contributed by atoms with E-state index in [0.29, 0.717) is 28.9 Å². The van der Waals surface area contributed by atoms with Crippen LogP contribution in [0.1, 0.15) is 24.4 Å². The Labute approximate surface area is 121 Å². The number of nitrogens with one attached hydrogen (secondary N) is 2. The molecule has 0 spiro atoms. The topological polar surface area (TPSA) is 85.0 Å². The highest BCUT2D eigenvalue weighted by Crippen LogP contribution is 2.37. The third-order valence-electron chi connectivity index (χ3n) is 2.91. The van der Waals surface area contributed by atoms with Crippen LogP contribution >= 0.6 is 11.6 Å². The highest BCUT2D eigenvalue weighted by molar-refractivity contribution is 6.33. The first-order valence-electron chi connectivity index (χ1n) is 6.03. The Morgan fingerprint density at radius 1 is 1.35 bits per heavy atom. The number of aromatic amines is 1. The number of aromatic nitrogens is 4. The number of methoxy groups -OCH3 is 2. The maximum atomic E-state index is 6.31. The first kappa shape index (κ1) is 14.5. The molecular weight excluding hydrogens is 282 g/mol. The molecule has 2 aromatic rings. The lowest BCUT2D eigenvalue weighted by Gasteiger charge is -2.14. The molecular formula is C12H16ClN5O2. The summed E-state index contributed by atoms with van der Waals surface area (Å²) < 4.78 is 10.5. The second-order valence-electron chi connectivity index (χ2n) is 4.15. The number of rotatable bonds is 6. The summed E-state index contributed by atoms with van der Waals surface area (Å²) in [5.41, 5.74) is 0.902. The predicted octanol–water partition coefficient (Wildman–Crippen LogP) is 1.72. The molecule has 2 rings (SSSR count). The molecule has 8 heteroatoms. The number of nitrogens with zero attached hydrogens (tertiary/aromatic N) is 3. The Bertz CT molecular complexity index is 561. The zero-order chi connectivity index (χ0) is 14.5. The fourth-order valence-corrected chi connectivity index (χ4v) is 2.07. The van der Waals surface area contributed by atoms with E-state index in [1.165, 1.54) is 0 Å². The fourth-order valence-electron chi connectivity index (χ4n) is 1.77. The van der Waals surface area contributed by atoms with E-state index in [9.17, 15) is 0 Å². The third kappa shape index (κ3) is 3.00. The van der Waals surface area contributed by atoms with Crippen LogP contribution < -0.4 is 14.8 Å². The molecule has 0 aliphatic carbocycles. The van der Waals surface area contributed by atoms with Crippen molar-refractivity contribution in [3.63, 3.8) is 0 Å². The lowest BCUT2D eigenvalue weighted by Crippen LogP contribution is -2.19. The molecule has 0 saturated heterocycles. The van der Waals surface area contributed by atoms with Crippen LogP contribution in [0.15, 0.2) is 12.1 Å². The summed E-state index contributed by atoms with van der Waals surface area (Å²) in [6, 6.07) is 3.67. The summed E-state index contributed by atoms with van der Waals surface area (Å²) in [4.78, 5) is 0. The van der Waals surface area contributed by atoms with Crippen molar-refractivity contribution in [3.8, 4) is 11.5 Å². The molecule has 1 aromatic carbocycles. The minimum Gasteiger partial charge on any atom is -0.493 e. The molecule has 0 radical (unpaired) electrons. The molecule has 1 aromatic heterocycles. The number of tetrazole rings is 1. The van der Waals surface area contributed by atoms with Gasteiger partial charge in [0.1, 0.15) is 0 Å². The summed E-state index contributed by atoms with van der Waals surface area (Å²) in [7, 11) is 3.13. The average molecular weight is 298 g/mol. The molecule has 1 atom stereocenters. The molecule has 1 unspecified atom stereocenters. The van der Waals surface area contributed by atoms with Gasteiger partial charge < -0.3 is 14.8 Å². The highest BCUT2D eigenvalue weighted by atomic mass is 35.5. The van der Waals surface area contributed by atoms with Crippen molar-refractivity contribution >= 4 is 11.6 Å². The van der Waals surface area contributed by atoms with E-state index in [4.69, 9.17) is 21.1 Å². The Hall–Kier alpha value is -1.86. The number of benzene rings is 1. The zero-order valence-electron chi connectivity index (χ0n) is 11.5. The van der Waals surface area contributed by atoms with Gasteiger partial charge in [-0.3, -0.25) is 0 Å². The van der Waals surface area contributed by atoms with Gasteiger partial charge in [-0.2, -0.15) is 5.21 Å². The molecule has 2 N–H and O–H groups in total. The molecule has 0 fully saturated rings. The maximum Gasteiger partial charge on any atom is 0.191 e. The number of halogens is 1. The summed E-state index contributed by atoms with van der Waals surface area (Å²) >= 11 is 6.31. The van der Waals surface area contributed by atoms with Crippen molar-refractivity contribution in [2.45, 2.75) is 19.5 Å². The van der Waals surface area contributed by atoms with Crippen LogP contribution in [-0.4, -0.2) is 34.8 Å². The quantitative estimate of drug-likeness (QED) is 0.844. The van der Waals surface area contributed by atoms with E-state index in [1.807, 2.05) is 19.1 Å². The first-order chi connectivity index (χ1) is 9.67. The van der Waals surface area contributed by atoms with Gasteiger partial charge in [0.2, 0.25) is 0 Å². The normalized spacial score (nSPS) is 12.2. The minimum atomic E-state index is -0.0436. The van der Waals surface area contributed by atoms with E-state index in [2.05, 4.69) is 25.9 Å². The van der Waals surface area contributed by atoms with Gasteiger partial charge in [0, 0.05) is 6.54 Å². The van der Waals surface area contributed by atoms with E-state index >= 15 is 0 Å². The second kappa shape index (κ2) is 6.53. The van der Waals surface area contributed by atoms with Crippen LogP contribution in [0.5, 0.6) is 11.5 Å². The number of hydrogen-bond acceptors (Lipinski definition) is 6. The van der Waals surface area contributed by atoms with E-state index in [0.717, 1.165) is 5.56 Å². The standard InChI is InChI=1S/C12H16ClN5O2/c1-7(12-15-17-18-16-12)14-6-8-4-5-9(19-2)11(20-3)10(8)13/h4-5,7,14H,6H2,1-3H3,(H,15,16,17,18). The Balaban J connectivity index is 2.10. The molecule has 108 valence electrons. The van der Waals surface area contributed by atoms with Crippen LogP contribution in [0.2, 0.25) is 5.02 Å². The SMILES string of the molecule is COc1ccc(CNC(C)c2nn[nH]n2)c(Cl)c1OC. The van der Waals surface area contributed by atoms with E-state index in [-0.39, 0.29) is 6.04 Å². The Kier molecular flexibility index (Phi) is 4.75. The lowest BCUT2D eigenvalue weighted by atomic mass is 10.2. The van der Waals surface area contributed by atoms with Crippen LogP contribution in [0.25, 0.3) is 0 Å². The zero-order valence-corrected chi connectivity index (χ0v) is 12.2. The molecule has 0 amide bonds. The van der Waals surface area contributed by atoms with E-state index in [1.54, 1.807) is 14.2 Å². The number of ether oxygens (including phenoxy) is 2. The Morgan fingerprint density at radius 2 is 2.15 bits per heavy atom. The summed E-state index contributed by atoms with van der Waals surface area (Å²) in [5.74, 6) is 1.73. The monoisotopic (exact) mass is 297 g/mol. The molecule has 20 heavy (non-hydrogen) atoms. The van der Waals surface area contributed by atoms with Crippen LogP contribution in [0.4, 0.5) is 0 Å². The summed E-state index contributed by atoms with van der Waals surface area (Å²) in [6.07, 6.45) is 0. The van der Waals surface area contributed by atoms with Crippen LogP contribution in [-0.2, 0) is 6.54 Å². The number of hydrogen-bond donors (Lipinski definition) is 2. The van der Waals surface area contributed by atoms with Gasteiger partial charge in [0.25, 0.3) is 0 Å². The molecule has 0 aliphatic rings. The van der Waals surface area contributed by atoms with Crippen molar-refractivity contribution in [3.05, 3.63) is 28.5 Å². The van der Waals surface area contributed by atoms with Gasteiger partial charge in [-0.05, 0) is 18.6 Å². The number of H-pyrrole nitrogens is 1. The molecule has 1 heterocycles. The van der Waals surface area contributed by atoms with Crippen molar-refractivity contribution < 1.29 is 9.47 Å². The maximum absolute atomic E-state index is 6.31. The van der Waals surface area contributed by atoms with Crippen LogP contribution in [0.3, 0.4) is 0 Å². The lowest BCUT2D eigenvalue weighted by molar-refractivity contribution is 0.354. The van der Waals surface area contributed by atoms with Crippen molar-refractivity contribution in [1.29, 1.82) is 0 Å².